The van der Waals surface area contributed by atoms with Gasteiger partial charge >= 0.3 is 6.61 Å². The molecule has 29 heavy (non-hydrogen) atoms. The van der Waals surface area contributed by atoms with Crippen LogP contribution in [0.4, 0.5) is 23.2 Å². The maximum atomic E-state index is 15.2. The van der Waals surface area contributed by atoms with Gasteiger partial charge in [-0.2, -0.15) is 8.78 Å². The molecule has 3 aromatic carbocycles. The minimum Gasteiger partial charge on any atom is -0.507 e. The number of halogens is 6. The monoisotopic (exact) mass is 445 g/mol. The second-order valence-electron chi connectivity index (χ2n) is 6.09. The second kappa shape index (κ2) is 8.39. The molecule has 3 rings (SSSR count). The third-order valence-electron chi connectivity index (χ3n) is 4.16. The zero-order valence-electron chi connectivity index (χ0n) is 14.5. The standard InChI is InChI=1S/C20H13Cl2F4NO2/c21-14-6-10(27)7-15(22)12(14)5-9-1-4-17(28)18(19(9)24)13-8-11(29-20(25)26)2-3-16(13)23/h1-4,6-8,20,28H,5,27H2. The fourth-order valence-electron chi connectivity index (χ4n) is 2.86. The lowest BCUT2D eigenvalue weighted by Gasteiger charge is -2.14. The Bertz CT molecular complexity index is 1050. The van der Waals surface area contributed by atoms with Gasteiger partial charge in [0.2, 0.25) is 0 Å². The number of nitrogen functional groups attached to an aromatic ring is 1. The van der Waals surface area contributed by atoms with E-state index in [9.17, 15) is 18.3 Å². The van der Waals surface area contributed by atoms with E-state index in [2.05, 4.69) is 4.74 Å². The predicted octanol–water partition coefficient (Wildman–Crippen LogP) is 6.42. The van der Waals surface area contributed by atoms with Crippen molar-refractivity contribution in [1.29, 1.82) is 0 Å². The first-order chi connectivity index (χ1) is 13.7. The summed E-state index contributed by atoms with van der Waals surface area (Å²) in [4.78, 5) is 0. The Balaban J connectivity index is 2.10. The van der Waals surface area contributed by atoms with Gasteiger partial charge in [-0.05, 0) is 47.5 Å². The summed E-state index contributed by atoms with van der Waals surface area (Å²) in [5, 5.41) is 10.5. The van der Waals surface area contributed by atoms with Crippen molar-refractivity contribution in [3.63, 3.8) is 0 Å². The third-order valence-corrected chi connectivity index (χ3v) is 4.84. The summed E-state index contributed by atoms with van der Waals surface area (Å²) < 4.78 is 58.6. The molecule has 0 heterocycles. The van der Waals surface area contributed by atoms with Gasteiger partial charge < -0.3 is 15.6 Å². The van der Waals surface area contributed by atoms with E-state index < -0.39 is 35.1 Å². The highest BCUT2D eigenvalue weighted by molar-refractivity contribution is 6.36. The Kier molecular flexibility index (Phi) is 6.10. The van der Waals surface area contributed by atoms with Crippen LogP contribution in [0.2, 0.25) is 10.0 Å². The zero-order valence-corrected chi connectivity index (χ0v) is 16.0. The average Bonchev–Trinajstić information content (AvgIpc) is 2.62. The molecule has 0 atom stereocenters. The summed E-state index contributed by atoms with van der Waals surface area (Å²) in [6.45, 7) is -3.15. The first-order valence-electron chi connectivity index (χ1n) is 8.15. The smallest absolute Gasteiger partial charge is 0.387 e. The average molecular weight is 446 g/mol. The van der Waals surface area contributed by atoms with Gasteiger partial charge in [0.05, 0.1) is 5.56 Å². The largest absolute Gasteiger partial charge is 0.507 e. The summed E-state index contributed by atoms with van der Waals surface area (Å²) in [6.07, 6.45) is -0.0775. The molecule has 0 aliphatic rings. The minimum absolute atomic E-state index is 0.0472. The third kappa shape index (κ3) is 4.52. The van der Waals surface area contributed by atoms with Crippen molar-refractivity contribution < 1.29 is 27.4 Å². The zero-order chi connectivity index (χ0) is 21.3. The fourth-order valence-corrected chi connectivity index (χ4v) is 3.49. The van der Waals surface area contributed by atoms with Crippen LogP contribution in [-0.2, 0) is 6.42 Å². The van der Waals surface area contributed by atoms with Crippen LogP contribution in [0.1, 0.15) is 11.1 Å². The van der Waals surface area contributed by atoms with Crippen molar-refractivity contribution in [3.05, 3.63) is 75.3 Å². The van der Waals surface area contributed by atoms with Crippen LogP contribution >= 0.6 is 23.2 Å². The van der Waals surface area contributed by atoms with Crippen molar-refractivity contribution in [3.8, 4) is 22.6 Å². The number of hydrogen-bond acceptors (Lipinski definition) is 3. The first kappa shape index (κ1) is 21.1. The Morgan fingerprint density at radius 1 is 1.00 bits per heavy atom. The van der Waals surface area contributed by atoms with Crippen LogP contribution < -0.4 is 10.5 Å². The maximum Gasteiger partial charge on any atom is 0.387 e. The number of ether oxygens (including phenoxy) is 1. The number of alkyl halides is 2. The van der Waals surface area contributed by atoms with Crippen LogP contribution in [0.15, 0.2) is 42.5 Å². The highest BCUT2D eigenvalue weighted by atomic mass is 35.5. The van der Waals surface area contributed by atoms with Gasteiger partial charge in [-0.25, -0.2) is 8.78 Å². The quantitative estimate of drug-likeness (QED) is 0.352. The van der Waals surface area contributed by atoms with Crippen molar-refractivity contribution in [2.24, 2.45) is 0 Å². The topological polar surface area (TPSA) is 55.5 Å². The van der Waals surface area contributed by atoms with Crippen LogP contribution in [0.25, 0.3) is 11.1 Å². The lowest BCUT2D eigenvalue weighted by molar-refractivity contribution is -0.0498. The van der Waals surface area contributed by atoms with E-state index in [0.29, 0.717) is 11.3 Å². The van der Waals surface area contributed by atoms with E-state index in [-0.39, 0.29) is 27.8 Å². The molecule has 0 unspecified atom stereocenters. The molecule has 0 saturated carbocycles. The molecule has 0 spiro atoms. The molecule has 0 radical (unpaired) electrons. The van der Waals surface area contributed by atoms with E-state index in [1.807, 2.05) is 0 Å². The van der Waals surface area contributed by atoms with Crippen molar-refractivity contribution in [2.75, 3.05) is 5.73 Å². The van der Waals surface area contributed by atoms with Crippen LogP contribution in [0, 0.1) is 11.6 Å². The van der Waals surface area contributed by atoms with Crippen LogP contribution in [0.5, 0.6) is 11.5 Å². The second-order valence-corrected chi connectivity index (χ2v) is 6.91. The number of anilines is 1. The summed E-state index contributed by atoms with van der Waals surface area (Å²) in [5.41, 5.74) is 5.48. The molecule has 0 bridgehead atoms. The molecule has 0 aliphatic carbocycles. The van der Waals surface area contributed by atoms with Gasteiger partial charge in [0.25, 0.3) is 0 Å². The minimum atomic E-state index is -3.15. The molecule has 0 aliphatic heterocycles. The predicted molar refractivity (Wildman–Crippen MR) is 104 cm³/mol. The Labute approximate surface area is 173 Å². The summed E-state index contributed by atoms with van der Waals surface area (Å²) >= 11 is 12.3. The fraction of sp³-hybridized carbons (Fsp3) is 0.100. The van der Waals surface area contributed by atoms with E-state index in [4.69, 9.17) is 28.9 Å². The molecule has 3 N–H and O–H groups in total. The van der Waals surface area contributed by atoms with Crippen molar-refractivity contribution >= 4 is 28.9 Å². The Morgan fingerprint density at radius 3 is 2.28 bits per heavy atom. The summed E-state index contributed by atoms with van der Waals surface area (Å²) in [5.74, 6) is -2.84. The number of benzene rings is 3. The van der Waals surface area contributed by atoms with E-state index in [1.54, 1.807) is 0 Å². The molecule has 9 heteroatoms. The number of nitrogens with two attached hydrogens (primary N) is 1. The lowest BCUT2D eigenvalue weighted by atomic mass is 9.96. The Hall–Kier alpha value is -2.64. The molecule has 152 valence electrons. The molecule has 3 aromatic rings. The number of rotatable bonds is 5. The van der Waals surface area contributed by atoms with Crippen LogP contribution in [-0.4, -0.2) is 11.7 Å². The molecule has 0 saturated heterocycles. The van der Waals surface area contributed by atoms with Crippen LogP contribution in [0.3, 0.4) is 0 Å². The Morgan fingerprint density at radius 2 is 1.66 bits per heavy atom. The molecule has 0 aromatic heterocycles. The molecule has 0 fully saturated rings. The maximum absolute atomic E-state index is 15.2. The summed E-state index contributed by atoms with van der Waals surface area (Å²) in [6, 6.07) is 8.04. The summed E-state index contributed by atoms with van der Waals surface area (Å²) in [7, 11) is 0. The van der Waals surface area contributed by atoms with Gasteiger partial charge in [-0.15, -0.1) is 0 Å². The normalized spacial score (nSPS) is 11.1. The van der Waals surface area contributed by atoms with Gasteiger partial charge in [0.1, 0.15) is 23.1 Å². The highest BCUT2D eigenvalue weighted by Gasteiger charge is 2.21. The molecule has 3 nitrogen and oxygen atoms in total. The van der Waals surface area contributed by atoms with E-state index >= 15 is 4.39 Å². The molecule has 0 amide bonds. The van der Waals surface area contributed by atoms with Gasteiger partial charge in [-0.1, -0.05) is 29.3 Å². The first-order valence-corrected chi connectivity index (χ1v) is 8.91. The molecular weight excluding hydrogens is 433 g/mol. The van der Waals surface area contributed by atoms with Crippen molar-refractivity contribution in [2.45, 2.75) is 13.0 Å². The van der Waals surface area contributed by atoms with E-state index in [1.165, 1.54) is 18.2 Å². The van der Waals surface area contributed by atoms with Gasteiger partial charge in [0, 0.05) is 27.7 Å². The number of phenolic OH excluding ortho intramolecular Hbond substituents is 1. The lowest BCUT2D eigenvalue weighted by Crippen LogP contribution is -2.03. The SMILES string of the molecule is Nc1cc(Cl)c(Cc2ccc(O)c(-c3cc(OC(F)F)ccc3F)c2F)c(Cl)c1. The van der Waals surface area contributed by atoms with Gasteiger partial charge in [-0.3, -0.25) is 0 Å². The number of aromatic hydroxyl groups is 1. The number of phenols is 1. The van der Waals surface area contributed by atoms with Gasteiger partial charge in [0.15, 0.2) is 0 Å². The molecular formula is C20H13Cl2F4NO2. The number of hydrogen-bond donors (Lipinski definition) is 2. The van der Waals surface area contributed by atoms with E-state index in [0.717, 1.165) is 24.3 Å². The highest BCUT2D eigenvalue weighted by Crippen LogP contribution is 2.39. The van der Waals surface area contributed by atoms with Crippen molar-refractivity contribution in [1.82, 2.24) is 0 Å².